The molecule has 3 rings (SSSR count). The van der Waals surface area contributed by atoms with E-state index in [1.165, 1.54) is 0 Å². The van der Waals surface area contributed by atoms with E-state index >= 15 is 0 Å². The molecule has 196 valence electrons. The Labute approximate surface area is 216 Å². The third kappa shape index (κ3) is 9.67. The van der Waals surface area contributed by atoms with E-state index in [1.807, 2.05) is 60.7 Å². The predicted octanol–water partition coefficient (Wildman–Crippen LogP) is 3.33. The summed E-state index contributed by atoms with van der Waals surface area (Å²) in [7, 11) is 0. The lowest BCUT2D eigenvalue weighted by atomic mass is 10.1. The minimum absolute atomic E-state index is 0.0748. The van der Waals surface area contributed by atoms with Crippen molar-refractivity contribution in [1.29, 1.82) is 0 Å². The first-order valence-electron chi connectivity index (χ1n) is 12.1. The maximum absolute atomic E-state index is 13.4. The Hall–Kier alpha value is -4.34. The summed E-state index contributed by atoms with van der Waals surface area (Å²) >= 11 is 0. The molecule has 1 heterocycles. The van der Waals surface area contributed by atoms with E-state index in [1.54, 1.807) is 33.3 Å². The molecule has 10 nitrogen and oxygen atoms in total. The minimum Gasteiger partial charge on any atom is -0.443 e. The standard InChI is InChI=1S/C27H34N6O4/c1-27(2,3)37-26(36)32-33(18-21-12-8-5-9-13-21)25(35)31-23(16-20-10-6-4-7-11-20)24(34)29-15-14-22-17-28-19-30-22/h4-13,17,19,23H,14-16,18H2,1-3H3,(H,28,30)(H,29,34)(H,31,35)(H,32,36). The molecule has 0 saturated heterocycles. The van der Waals surface area contributed by atoms with E-state index in [0.717, 1.165) is 21.8 Å². The summed E-state index contributed by atoms with van der Waals surface area (Å²) < 4.78 is 5.33. The molecular weight excluding hydrogens is 472 g/mol. The second-order valence-electron chi connectivity index (χ2n) is 9.50. The summed E-state index contributed by atoms with van der Waals surface area (Å²) in [6.45, 7) is 5.64. The lowest BCUT2D eigenvalue weighted by Gasteiger charge is -2.28. The minimum atomic E-state index is -0.879. The van der Waals surface area contributed by atoms with Crippen molar-refractivity contribution in [2.75, 3.05) is 6.54 Å². The molecule has 1 aromatic heterocycles. The number of carbonyl (C=O) groups is 3. The van der Waals surface area contributed by atoms with Crippen molar-refractivity contribution in [2.24, 2.45) is 0 Å². The van der Waals surface area contributed by atoms with Crippen LogP contribution in [-0.2, 0) is 28.9 Å². The Bertz CT molecular complexity index is 1130. The van der Waals surface area contributed by atoms with Crippen LogP contribution in [0.5, 0.6) is 0 Å². The van der Waals surface area contributed by atoms with E-state index in [4.69, 9.17) is 4.74 Å². The van der Waals surface area contributed by atoms with Crippen LogP contribution in [0.3, 0.4) is 0 Å². The average molecular weight is 507 g/mol. The first kappa shape index (κ1) is 27.3. The van der Waals surface area contributed by atoms with Crippen molar-refractivity contribution in [3.05, 3.63) is 90.0 Å². The monoisotopic (exact) mass is 506 g/mol. The van der Waals surface area contributed by atoms with Crippen LogP contribution >= 0.6 is 0 Å². The van der Waals surface area contributed by atoms with Gasteiger partial charge in [0.2, 0.25) is 5.91 Å². The number of imidazole rings is 1. The zero-order chi connectivity index (χ0) is 26.7. The zero-order valence-corrected chi connectivity index (χ0v) is 21.4. The number of hydrogen-bond acceptors (Lipinski definition) is 5. The quantitative estimate of drug-likeness (QED) is 0.331. The molecule has 1 atom stereocenters. The number of hydrazine groups is 1. The van der Waals surface area contributed by atoms with Crippen molar-refractivity contribution in [3.63, 3.8) is 0 Å². The molecule has 0 saturated carbocycles. The van der Waals surface area contributed by atoms with Crippen LogP contribution in [0, 0.1) is 0 Å². The number of urea groups is 1. The Morgan fingerprint density at radius 1 is 1.00 bits per heavy atom. The second kappa shape index (κ2) is 13.1. The summed E-state index contributed by atoms with van der Waals surface area (Å²) in [6, 6.07) is 17.1. The number of ether oxygens (including phenoxy) is 1. The van der Waals surface area contributed by atoms with Crippen molar-refractivity contribution in [3.8, 4) is 0 Å². The van der Waals surface area contributed by atoms with Crippen LogP contribution in [0.4, 0.5) is 9.59 Å². The summed E-state index contributed by atoms with van der Waals surface area (Å²) in [5.41, 5.74) is 4.32. The molecule has 0 fully saturated rings. The van der Waals surface area contributed by atoms with Gasteiger partial charge in [0, 0.05) is 31.3 Å². The van der Waals surface area contributed by atoms with Gasteiger partial charge >= 0.3 is 12.1 Å². The van der Waals surface area contributed by atoms with Crippen LogP contribution in [0.1, 0.15) is 37.6 Å². The van der Waals surface area contributed by atoms with E-state index in [0.29, 0.717) is 13.0 Å². The highest BCUT2D eigenvalue weighted by Crippen LogP contribution is 2.10. The van der Waals surface area contributed by atoms with Gasteiger partial charge in [-0.2, -0.15) is 0 Å². The SMILES string of the molecule is CC(C)(C)OC(=O)NN(Cc1ccccc1)C(=O)NC(Cc1ccccc1)C(=O)NCCc1cnc[nH]1. The van der Waals surface area contributed by atoms with E-state index in [-0.39, 0.29) is 18.9 Å². The number of nitrogens with one attached hydrogen (secondary N) is 4. The number of H-pyrrole nitrogens is 1. The highest BCUT2D eigenvalue weighted by molar-refractivity contribution is 5.88. The number of benzene rings is 2. The van der Waals surface area contributed by atoms with Crippen molar-refractivity contribution >= 4 is 18.0 Å². The van der Waals surface area contributed by atoms with Crippen molar-refractivity contribution in [2.45, 2.75) is 51.8 Å². The number of nitrogens with zero attached hydrogens (tertiary/aromatic N) is 2. The fourth-order valence-electron chi connectivity index (χ4n) is 3.49. The fraction of sp³-hybridized carbons (Fsp3) is 0.333. The van der Waals surface area contributed by atoms with Crippen molar-refractivity contribution < 1.29 is 19.1 Å². The van der Waals surface area contributed by atoms with E-state index in [9.17, 15) is 14.4 Å². The van der Waals surface area contributed by atoms with Gasteiger partial charge < -0.3 is 20.4 Å². The lowest BCUT2D eigenvalue weighted by Crippen LogP contribution is -2.56. The summed E-state index contributed by atoms with van der Waals surface area (Å²) in [4.78, 5) is 45.9. The van der Waals surface area contributed by atoms with Gasteiger partial charge in [0.25, 0.3) is 0 Å². The van der Waals surface area contributed by atoms with Crippen LogP contribution in [0.2, 0.25) is 0 Å². The van der Waals surface area contributed by atoms with Crippen LogP contribution in [-0.4, -0.2) is 51.2 Å². The van der Waals surface area contributed by atoms with Crippen LogP contribution in [0.15, 0.2) is 73.2 Å². The lowest BCUT2D eigenvalue weighted by molar-refractivity contribution is -0.122. The fourth-order valence-corrected chi connectivity index (χ4v) is 3.49. The van der Waals surface area contributed by atoms with Gasteiger partial charge in [-0.05, 0) is 31.9 Å². The number of carbonyl (C=O) groups excluding carboxylic acids is 3. The molecule has 0 bridgehead atoms. The number of amides is 4. The molecule has 2 aromatic carbocycles. The maximum atomic E-state index is 13.4. The van der Waals surface area contributed by atoms with Crippen molar-refractivity contribution in [1.82, 2.24) is 31.0 Å². The van der Waals surface area contributed by atoms with E-state index in [2.05, 4.69) is 26.0 Å². The summed E-state index contributed by atoms with van der Waals surface area (Å²) in [5.74, 6) is -0.339. The van der Waals surface area contributed by atoms with Gasteiger partial charge in [-0.15, -0.1) is 0 Å². The summed E-state index contributed by atoms with van der Waals surface area (Å²) in [6.07, 6.45) is 3.34. The van der Waals surface area contributed by atoms with Gasteiger partial charge in [-0.25, -0.2) is 25.0 Å². The van der Waals surface area contributed by atoms with Crippen LogP contribution in [0.25, 0.3) is 0 Å². The number of hydrogen-bond donors (Lipinski definition) is 4. The summed E-state index contributed by atoms with van der Waals surface area (Å²) in [5, 5.41) is 6.77. The third-order valence-electron chi connectivity index (χ3n) is 5.20. The topological polar surface area (TPSA) is 128 Å². The van der Waals surface area contributed by atoms with Gasteiger partial charge in [-0.1, -0.05) is 60.7 Å². The predicted molar refractivity (Wildman–Crippen MR) is 139 cm³/mol. The normalized spacial score (nSPS) is 11.8. The number of aromatic nitrogens is 2. The number of rotatable bonds is 9. The molecule has 0 aliphatic rings. The molecule has 0 spiro atoms. The van der Waals surface area contributed by atoms with Gasteiger partial charge in [0.15, 0.2) is 0 Å². The molecule has 1 unspecified atom stereocenters. The molecular formula is C27H34N6O4. The first-order valence-corrected chi connectivity index (χ1v) is 12.1. The van der Waals surface area contributed by atoms with Gasteiger partial charge in [0.05, 0.1) is 12.9 Å². The molecule has 0 aliphatic heterocycles. The Morgan fingerprint density at radius 2 is 1.65 bits per heavy atom. The van der Waals surface area contributed by atoms with Gasteiger partial charge in [0.1, 0.15) is 11.6 Å². The zero-order valence-electron chi connectivity index (χ0n) is 21.4. The Balaban J connectivity index is 1.73. The number of aromatic amines is 1. The first-order chi connectivity index (χ1) is 17.7. The molecule has 37 heavy (non-hydrogen) atoms. The molecule has 4 amide bonds. The maximum Gasteiger partial charge on any atom is 0.426 e. The van der Waals surface area contributed by atoms with E-state index < -0.39 is 23.8 Å². The average Bonchev–Trinajstić information content (AvgIpc) is 3.37. The third-order valence-corrected chi connectivity index (χ3v) is 5.20. The largest absolute Gasteiger partial charge is 0.443 e. The molecule has 10 heteroatoms. The molecule has 4 N–H and O–H groups in total. The van der Waals surface area contributed by atoms with Gasteiger partial charge in [-0.3, -0.25) is 4.79 Å². The molecule has 3 aromatic rings. The second-order valence-corrected chi connectivity index (χ2v) is 9.50. The highest BCUT2D eigenvalue weighted by atomic mass is 16.6. The molecule has 0 radical (unpaired) electrons. The smallest absolute Gasteiger partial charge is 0.426 e. The van der Waals surface area contributed by atoms with Crippen LogP contribution < -0.4 is 16.1 Å². The Morgan fingerprint density at radius 3 is 2.24 bits per heavy atom. The molecule has 0 aliphatic carbocycles. The highest BCUT2D eigenvalue weighted by Gasteiger charge is 2.26. The Kier molecular flexibility index (Phi) is 9.65.